The van der Waals surface area contributed by atoms with Gasteiger partial charge < -0.3 is 11.5 Å². The molecule has 1 aliphatic rings. The van der Waals surface area contributed by atoms with E-state index in [-0.39, 0.29) is 0 Å². The highest BCUT2D eigenvalue weighted by Gasteiger charge is 2.26. The zero-order valence-corrected chi connectivity index (χ0v) is 9.16. The van der Waals surface area contributed by atoms with Gasteiger partial charge in [0, 0.05) is 11.9 Å². The molecule has 0 radical (unpaired) electrons. The Labute approximate surface area is 92.5 Å². The van der Waals surface area contributed by atoms with Crippen molar-refractivity contribution in [2.75, 3.05) is 5.73 Å². The topological polar surface area (TPSA) is 77.3 Å². The molecule has 0 saturated carbocycles. The first-order valence-corrected chi connectivity index (χ1v) is 5.40. The third-order valence-corrected chi connectivity index (χ3v) is 2.83. The Morgan fingerprint density at radius 2 is 2.20 bits per heavy atom. The lowest BCUT2D eigenvalue weighted by molar-refractivity contribution is 0.611. The molecule has 2 heterocycles. The molecule has 0 aromatic carbocycles. The predicted octanol–water partition coefficient (Wildman–Crippen LogP) is 1.45. The molecular formula is C10H12N4S. The normalized spacial score (nSPS) is 25.0. The van der Waals surface area contributed by atoms with E-state index < -0.39 is 5.54 Å². The fourth-order valence-electron chi connectivity index (χ4n) is 1.40. The average molecular weight is 220 g/mol. The van der Waals surface area contributed by atoms with E-state index in [9.17, 15) is 0 Å². The lowest BCUT2D eigenvalue weighted by Gasteiger charge is -2.24. The first-order valence-electron chi connectivity index (χ1n) is 4.52. The molecule has 4 N–H and O–H groups in total. The third-order valence-electron chi connectivity index (χ3n) is 2.23. The number of thioether (sulfide) groups is 1. The molecule has 0 unspecified atom stereocenters. The summed E-state index contributed by atoms with van der Waals surface area (Å²) >= 11 is 1.41. The van der Waals surface area contributed by atoms with Crippen LogP contribution in [0, 0.1) is 0 Å². The molecule has 0 bridgehead atoms. The number of anilines is 1. The Balaban J connectivity index is 2.45. The van der Waals surface area contributed by atoms with E-state index in [4.69, 9.17) is 11.5 Å². The van der Waals surface area contributed by atoms with Crippen molar-refractivity contribution >= 4 is 22.6 Å². The second-order valence-corrected chi connectivity index (χ2v) is 4.42. The average Bonchev–Trinajstić information content (AvgIpc) is 2.17. The van der Waals surface area contributed by atoms with Crippen LogP contribution in [-0.4, -0.2) is 10.2 Å². The van der Waals surface area contributed by atoms with E-state index in [1.54, 1.807) is 12.3 Å². The molecular weight excluding hydrogens is 208 g/mol. The summed E-state index contributed by atoms with van der Waals surface area (Å²) in [4.78, 5) is 8.64. The quantitative estimate of drug-likeness (QED) is 0.751. The number of rotatable bonds is 1. The Hall–Kier alpha value is -1.49. The smallest absolute Gasteiger partial charge is 0.159 e. The van der Waals surface area contributed by atoms with Crippen LogP contribution in [0.1, 0.15) is 12.6 Å². The zero-order chi connectivity index (χ0) is 10.9. The highest BCUT2D eigenvalue weighted by Crippen LogP contribution is 2.31. The number of nitrogens with two attached hydrogens (primary N) is 2. The monoisotopic (exact) mass is 220 g/mol. The molecule has 1 aromatic heterocycles. The van der Waals surface area contributed by atoms with Crippen molar-refractivity contribution in [1.82, 2.24) is 4.98 Å². The highest BCUT2D eigenvalue weighted by molar-refractivity contribution is 8.16. The van der Waals surface area contributed by atoms with Crippen molar-refractivity contribution < 1.29 is 0 Å². The van der Waals surface area contributed by atoms with Gasteiger partial charge >= 0.3 is 0 Å². The van der Waals surface area contributed by atoms with Gasteiger partial charge in [0.15, 0.2) is 5.17 Å². The largest absolute Gasteiger partial charge is 0.399 e. The van der Waals surface area contributed by atoms with Crippen molar-refractivity contribution in [3.05, 3.63) is 35.5 Å². The third kappa shape index (κ3) is 1.97. The van der Waals surface area contributed by atoms with E-state index in [2.05, 4.69) is 9.98 Å². The Kier molecular flexibility index (Phi) is 2.40. The molecule has 5 heteroatoms. The van der Waals surface area contributed by atoms with Gasteiger partial charge in [-0.1, -0.05) is 11.8 Å². The minimum Gasteiger partial charge on any atom is -0.399 e. The number of nitrogen functional groups attached to an aromatic ring is 1. The van der Waals surface area contributed by atoms with Crippen molar-refractivity contribution in [2.24, 2.45) is 10.7 Å². The Morgan fingerprint density at radius 1 is 1.40 bits per heavy atom. The second-order valence-electron chi connectivity index (χ2n) is 3.49. The minimum absolute atomic E-state index is 0.495. The van der Waals surface area contributed by atoms with Crippen molar-refractivity contribution in [2.45, 2.75) is 12.5 Å². The number of aromatic nitrogens is 1. The fourth-order valence-corrected chi connectivity index (χ4v) is 2.11. The maximum atomic E-state index is 5.71. The summed E-state index contributed by atoms with van der Waals surface area (Å²) in [6.45, 7) is 1.96. The molecule has 1 atom stereocenters. The van der Waals surface area contributed by atoms with E-state index in [0.29, 0.717) is 10.9 Å². The first-order chi connectivity index (χ1) is 7.10. The van der Waals surface area contributed by atoms with Gasteiger partial charge in [-0.2, -0.15) is 0 Å². The number of pyridine rings is 1. The summed E-state index contributed by atoms with van der Waals surface area (Å²) < 4.78 is 0. The van der Waals surface area contributed by atoms with Crippen molar-refractivity contribution in [3.63, 3.8) is 0 Å². The fraction of sp³-hybridized carbons (Fsp3) is 0.200. The number of nitrogens with zero attached hydrogens (tertiary/aromatic N) is 2. The predicted molar refractivity (Wildman–Crippen MR) is 64.4 cm³/mol. The maximum Gasteiger partial charge on any atom is 0.159 e. The SMILES string of the molecule is C[C@@]1(c2cc(N)ccn2)C=CSC(N)=N1. The van der Waals surface area contributed by atoms with Crippen LogP contribution >= 0.6 is 11.8 Å². The van der Waals surface area contributed by atoms with Crippen LogP contribution in [0.25, 0.3) is 0 Å². The van der Waals surface area contributed by atoms with Crippen molar-refractivity contribution in [3.8, 4) is 0 Å². The summed E-state index contributed by atoms with van der Waals surface area (Å²) in [5.74, 6) is 0. The Bertz CT molecular complexity index is 441. The number of amidine groups is 1. The molecule has 0 aliphatic carbocycles. The zero-order valence-electron chi connectivity index (χ0n) is 8.34. The number of hydrogen-bond acceptors (Lipinski definition) is 5. The number of aliphatic imine (C=N–C) groups is 1. The van der Waals surface area contributed by atoms with Gasteiger partial charge in [-0.3, -0.25) is 4.98 Å². The minimum atomic E-state index is -0.495. The van der Waals surface area contributed by atoms with Crippen LogP contribution in [-0.2, 0) is 5.54 Å². The molecule has 78 valence electrons. The van der Waals surface area contributed by atoms with Gasteiger partial charge in [0.05, 0.1) is 5.69 Å². The molecule has 4 nitrogen and oxygen atoms in total. The lowest BCUT2D eigenvalue weighted by Crippen LogP contribution is -2.24. The van der Waals surface area contributed by atoms with Gasteiger partial charge in [0.25, 0.3) is 0 Å². The molecule has 1 aliphatic heterocycles. The number of hydrogen-bond donors (Lipinski definition) is 2. The van der Waals surface area contributed by atoms with Gasteiger partial charge in [-0.15, -0.1) is 0 Å². The molecule has 0 fully saturated rings. The summed E-state index contributed by atoms with van der Waals surface area (Å²) in [6.07, 6.45) is 3.65. The summed E-state index contributed by atoms with van der Waals surface area (Å²) in [5.41, 5.74) is 12.4. The van der Waals surface area contributed by atoms with Crippen LogP contribution in [0.15, 0.2) is 34.8 Å². The molecule has 0 saturated heterocycles. The van der Waals surface area contributed by atoms with E-state index in [1.807, 2.05) is 24.5 Å². The van der Waals surface area contributed by atoms with Crippen LogP contribution in [0.3, 0.4) is 0 Å². The van der Waals surface area contributed by atoms with E-state index in [1.165, 1.54) is 11.8 Å². The standard InChI is InChI=1S/C10H12N4S/c1-10(3-5-15-9(12)14-10)8-6-7(11)2-4-13-8/h2-6H,1H3,(H2,11,13)(H2,12,14)/t10-/m0/s1. The molecule has 1 aromatic rings. The van der Waals surface area contributed by atoms with Gasteiger partial charge in [0.1, 0.15) is 5.54 Å². The van der Waals surface area contributed by atoms with E-state index in [0.717, 1.165) is 5.69 Å². The molecule has 0 amide bonds. The second kappa shape index (κ2) is 3.58. The van der Waals surface area contributed by atoms with E-state index >= 15 is 0 Å². The van der Waals surface area contributed by atoms with Gasteiger partial charge in [-0.25, -0.2) is 4.99 Å². The van der Waals surface area contributed by atoms with Gasteiger partial charge in [0.2, 0.25) is 0 Å². The molecule has 2 rings (SSSR count). The van der Waals surface area contributed by atoms with Crippen LogP contribution in [0.4, 0.5) is 5.69 Å². The van der Waals surface area contributed by atoms with Crippen molar-refractivity contribution in [1.29, 1.82) is 0 Å². The maximum absolute atomic E-state index is 5.71. The molecule has 0 spiro atoms. The summed E-state index contributed by atoms with van der Waals surface area (Å²) in [5, 5.41) is 2.47. The molecule has 15 heavy (non-hydrogen) atoms. The van der Waals surface area contributed by atoms with Crippen LogP contribution in [0.5, 0.6) is 0 Å². The van der Waals surface area contributed by atoms with Crippen LogP contribution in [0.2, 0.25) is 0 Å². The lowest BCUT2D eigenvalue weighted by atomic mass is 9.98. The first kappa shape index (κ1) is 10.0. The summed E-state index contributed by atoms with van der Waals surface area (Å²) in [7, 11) is 0. The highest BCUT2D eigenvalue weighted by atomic mass is 32.2. The Morgan fingerprint density at radius 3 is 2.87 bits per heavy atom. The van der Waals surface area contributed by atoms with Crippen LogP contribution < -0.4 is 11.5 Å². The van der Waals surface area contributed by atoms with Gasteiger partial charge in [-0.05, 0) is 30.5 Å². The summed E-state index contributed by atoms with van der Waals surface area (Å²) in [6, 6.07) is 3.57.